The average Bonchev–Trinajstić information content (AvgIpc) is 3.05. The maximum absolute atomic E-state index is 12.6. The summed E-state index contributed by atoms with van der Waals surface area (Å²) in [5.74, 6) is 0.0299. The fraction of sp³-hybridized carbons (Fsp3) is 0.412. The molecule has 0 unspecified atom stereocenters. The van der Waals surface area contributed by atoms with Crippen LogP contribution < -0.4 is 5.32 Å². The van der Waals surface area contributed by atoms with E-state index in [9.17, 15) is 4.79 Å². The quantitative estimate of drug-likeness (QED) is 0.935. The van der Waals surface area contributed by atoms with Gasteiger partial charge in [0.05, 0.1) is 18.3 Å². The van der Waals surface area contributed by atoms with Gasteiger partial charge in [-0.2, -0.15) is 5.10 Å². The van der Waals surface area contributed by atoms with E-state index in [1.807, 2.05) is 36.2 Å². The highest BCUT2D eigenvalue weighted by Gasteiger charge is 2.23. The fourth-order valence-corrected chi connectivity index (χ4v) is 3.12. The lowest BCUT2D eigenvalue weighted by molar-refractivity contribution is 0.0703. The van der Waals surface area contributed by atoms with Gasteiger partial charge in [-0.15, -0.1) is 0 Å². The molecule has 0 atom stereocenters. The number of amides is 1. The van der Waals surface area contributed by atoms with Gasteiger partial charge in [0.25, 0.3) is 5.91 Å². The summed E-state index contributed by atoms with van der Waals surface area (Å²) in [4.78, 5) is 14.4. The Bertz CT molecular complexity index is 679. The molecule has 0 aliphatic carbocycles. The minimum atomic E-state index is 0.0299. The van der Waals surface area contributed by atoms with Crippen molar-refractivity contribution >= 4 is 17.5 Å². The maximum atomic E-state index is 12.6. The lowest BCUT2D eigenvalue weighted by atomic mass is 10.0. The van der Waals surface area contributed by atoms with Crippen molar-refractivity contribution in [2.24, 2.45) is 0 Å². The zero-order valence-corrected chi connectivity index (χ0v) is 14.0. The molecule has 3 rings (SSSR count). The first-order valence-corrected chi connectivity index (χ1v) is 8.26. The number of halogens is 1. The lowest BCUT2D eigenvalue weighted by Gasteiger charge is -2.31. The first kappa shape index (κ1) is 16.0. The van der Waals surface area contributed by atoms with Gasteiger partial charge >= 0.3 is 0 Å². The van der Waals surface area contributed by atoms with E-state index in [0.717, 1.165) is 31.5 Å². The predicted molar refractivity (Wildman–Crippen MR) is 90.8 cm³/mol. The molecule has 6 heteroatoms. The third-order valence-corrected chi connectivity index (χ3v) is 4.72. The highest BCUT2D eigenvalue weighted by Crippen LogP contribution is 2.17. The SMILES string of the molecule is CN(C(=O)c1cnn(Cc2ccccc2Cl)c1)C1CCNCC1. The number of benzene rings is 1. The van der Waals surface area contributed by atoms with Crippen molar-refractivity contribution in [3.05, 3.63) is 52.8 Å². The number of hydrogen-bond acceptors (Lipinski definition) is 3. The van der Waals surface area contributed by atoms with Crippen molar-refractivity contribution in [3.8, 4) is 0 Å². The molecule has 1 aromatic heterocycles. The normalized spacial score (nSPS) is 15.6. The minimum absolute atomic E-state index is 0.0299. The summed E-state index contributed by atoms with van der Waals surface area (Å²) < 4.78 is 1.75. The van der Waals surface area contributed by atoms with Gasteiger partial charge in [-0.25, -0.2) is 0 Å². The molecule has 122 valence electrons. The Balaban J connectivity index is 1.68. The van der Waals surface area contributed by atoms with Crippen LogP contribution in [0, 0.1) is 0 Å². The second-order valence-electron chi connectivity index (χ2n) is 5.92. The molecular formula is C17H21ClN4O. The van der Waals surface area contributed by atoms with Gasteiger partial charge in [-0.1, -0.05) is 29.8 Å². The number of piperidine rings is 1. The summed E-state index contributed by atoms with van der Waals surface area (Å²) in [6.45, 7) is 2.49. The molecule has 0 saturated carbocycles. The van der Waals surface area contributed by atoms with Crippen molar-refractivity contribution in [2.75, 3.05) is 20.1 Å². The molecule has 0 spiro atoms. The molecule has 23 heavy (non-hydrogen) atoms. The van der Waals surface area contributed by atoms with E-state index in [0.29, 0.717) is 23.2 Å². The maximum Gasteiger partial charge on any atom is 0.257 e. The van der Waals surface area contributed by atoms with E-state index < -0.39 is 0 Å². The number of carbonyl (C=O) groups is 1. The number of nitrogens with one attached hydrogen (secondary N) is 1. The zero-order valence-electron chi connectivity index (χ0n) is 13.2. The molecule has 2 aromatic rings. The summed E-state index contributed by atoms with van der Waals surface area (Å²) in [6.07, 6.45) is 5.42. The van der Waals surface area contributed by atoms with Gasteiger partial charge in [0, 0.05) is 24.3 Å². The standard InChI is InChI=1S/C17H21ClN4O/c1-21(15-6-8-19-9-7-15)17(23)14-10-20-22(12-14)11-13-4-2-3-5-16(13)18/h2-5,10,12,15,19H,6-9,11H2,1H3. The third-order valence-electron chi connectivity index (χ3n) is 4.35. The highest BCUT2D eigenvalue weighted by molar-refractivity contribution is 6.31. The first-order chi connectivity index (χ1) is 11.1. The number of aromatic nitrogens is 2. The van der Waals surface area contributed by atoms with Crippen LogP contribution in [0.15, 0.2) is 36.7 Å². The van der Waals surface area contributed by atoms with E-state index in [4.69, 9.17) is 11.6 Å². The van der Waals surface area contributed by atoms with Crippen LogP contribution in [0.2, 0.25) is 5.02 Å². The molecule has 0 radical (unpaired) electrons. The Morgan fingerprint density at radius 1 is 1.39 bits per heavy atom. The Hall–Kier alpha value is -1.85. The van der Waals surface area contributed by atoms with E-state index in [2.05, 4.69) is 10.4 Å². The molecule has 1 aliphatic heterocycles. The molecule has 0 bridgehead atoms. The smallest absolute Gasteiger partial charge is 0.257 e. The van der Waals surface area contributed by atoms with Crippen molar-refractivity contribution in [1.82, 2.24) is 20.0 Å². The average molecular weight is 333 g/mol. The van der Waals surface area contributed by atoms with Crippen LogP contribution in [0.3, 0.4) is 0 Å². The van der Waals surface area contributed by atoms with Crippen molar-refractivity contribution in [3.63, 3.8) is 0 Å². The second-order valence-corrected chi connectivity index (χ2v) is 6.32. The molecule has 2 heterocycles. The topological polar surface area (TPSA) is 50.2 Å². The summed E-state index contributed by atoms with van der Waals surface area (Å²) in [7, 11) is 1.88. The third kappa shape index (κ3) is 3.74. The minimum Gasteiger partial charge on any atom is -0.339 e. The van der Waals surface area contributed by atoms with Gasteiger partial charge in [0.1, 0.15) is 0 Å². The zero-order chi connectivity index (χ0) is 16.2. The second kappa shape index (κ2) is 7.15. The van der Waals surface area contributed by atoms with E-state index in [-0.39, 0.29) is 5.91 Å². The molecule has 1 amide bonds. The van der Waals surface area contributed by atoms with Gasteiger partial charge in [-0.3, -0.25) is 9.48 Å². The monoisotopic (exact) mass is 332 g/mol. The van der Waals surface area contributed by atoms with Crippen molar-refractivity contribution in [2.45, 2.75) is 25.4 Å². The van der Waals surface area contributed by atoms with Gasteiger partial charge in [0.15, 0.2) is 0 Å². The molecule has 1 aliphatic rings. The summed E-state index contributed by atoms with van der Waals surface area (Å²) in [5, 5.41) is 8.33. The molecular weight excluding hydrogens is 312 g/mol. The molecule has 1 N–H and O–H groups in total. The number of rotatable bonds is 4. The van der Waals surface area contributed by atoms with Crippen LogP contribution in [0.25, 0.3) is 0 Å². The summed E-state index contributed by atoms with van der Waals surface area (Å²) >= 11 is 6.17. The number of carbonyl (C=O) groups excluding carboxylic acids is 1. The summed E-state index contributed by atoms with van der Waals surface area (Å²) in [6, 6.07) is 7.97. The van der Waals surface area contributed by atoms with E-state index >= 15 is 0 Å². The van der Waals surface area contributed by atoms with Gasteiger partial charge in [-0.05, 0) is 37.6 Å². The van der Waals surface area contributed by atoms with Crippen LogP contribution in [-0.4, -0.2) is 46.8 Å². The first-order valence-electron chi connectivity index (χ1n) is 7.89. The number of hydrogen-bond donors (Lipinski definition) is 1. The molecule has 5 nitrogen and oxygen atoms in total. The molecule has 1 fully saturated rings. The lowest BCUT2D eigenvalue weighted by Crippen LogP contribution is -2.43. The molecule has 1 aromatic carbocycles. The van der Waals surface area contributed by atoms with Crippen LogP contribution >= 0.6 is 11.6 Å². The van der Waals surface area contributed by atoms with E-state index in [1.54, 1.807) is 17.1 Å². The Kier molecular flexibility index (Phi) is 4.98. The Labute approximate surface area is 141 Å². The van der Waals surface area contributed by atoms with Crippen LogP contribution in [-0.2, 0) is 6.54 Å². The van der Waals surface area contributed by atoms with Crippen molar-refractivity contribution < 1.29 is 4.79 Å². The fourth-order valence-electron chi connectivity index (χ4n) is 2.93. The van der Waals surface area contributed by atoms with Gasteiger partial charge in [0.2, 0.25) is 0 Å². The van der Waals surface area contributed by atoms with Crippen molar-refractivity contribution in [1.29, 1.82) is 0 Å². The Morgan fingerprint density at radius 2 is 2.13 bits per heavy atom. The van der Waals surface area contributed by atoms with Crippen LogP contribution in [0.1, 0.15) is 28.8 Å². The summed E-state index contributed by atoms with van der Waals surface area (Å²) in [5.41, 5.74) is 1.61. The van der Waals surface area contributed by atoms with Crippen LogP contribution in [0.4, 0.5) is 0 Å². The van der Waals surface area contributed by atoms with Gasteiger partial charge < -0.3 is 10.2 Å². The highest BCUT2D eigenvalue weighted by atomic mass is 35.5. The Morgan fingerprint density at radius 3 is 2.87 bits per heavy atom. The van der Waals surface area contributed by atoms with E-state index in [1.165, 1.54) is 0 Å². The van der Waals surface area contributed by atoms with Crippen LogP contribution in [0.5, 0.6) is 0 Å². The predicted octanol–water partition coefficient (Wildman–Crippen LogP) is 2.41. The largest absolute Gasteiger partial charge is 0.339 e. The molecule has 1 saturated heterocycles. The number of nitrogens with zero attached hydrogens (tertiary/aromatic N) is 3.